The number of furan rings is 1. The summed E-state index contributed by atoms with van der Waals surface area (Å²) >= 11 is 0. The number of hydrogen-bond acceptors (Lipinski definition) is 4. The molecule has 18 heavy (non-hydrogen) atoms. The second-order valence-corrected chi connectivity index (χ2v) is 5.31. The Kier molecular flexibility index (Phi) is 3.31. The summed E-state index contributed by atoms with van der Waals surface area (Å²) in [5.74, 6) is 1.45. The minimum Gasteiger partial charge on any atom is -0.460 e. The average molecular weight is 264 g/mol. The topological polar surface area (TPSA) is 85.7 Å². The van der Waals surface area contributed by atoms with Crippen LogP contribution in [0.1, 0.15) is 11.5 Å². The third-order valence-electron chi connectivity index (χ3n) is 2.27. The van der Waals surface area contributed by atoms with E-state index in [0.29, 0.717) is 11.4 Å². The number of aryl methyl sites for hydroxylation is 1. The van der Waals surface area contributed by atoms with Crippen LogP contribution in [0, 0.1) is 6.92 Å². The Morgan fingerprint density at radius 1 is 1.17 bits per heavy atom. The molecule has 0 radical (unpaired) electrons. The Hall–Kier alpha value is -1.92. The maximum Gasteiger partial charge on any atom is 0.238 e. The highest BCUT2D eigenvalue weighted by Crippen LogP contribution is 2.15. The minimum atomic E-state index is -3.65. The number of hydrogen-bond donors (Lipinski definition) is 1. The van der Waals surface area contributed by atoms with E-state index >= 15 is 0 Å². The molecule has 94 valence electrons. The standard InChI is InChI=1S/C12H12N2O3S/c1-9-2-5-11(17-9)8-14-10-3-6-12(7-4-10)18(13,15)16/h2-8H,1H3,(H2,13,15,16). The van der Waals surface area contributed by atoms with Crippen molar-refractivity contribution in [2.45, 2.75) is 11.8 Å². The smallest absolute Gasteiger partial charge is 0.238 e. The van der Waals surface area contributed by atoms with Crippen molar-refractivity contribution in [3.63, 3.8) is 0 Å². The number of benzene rings is 1. The molecule has 1 aromatic heterocycles. The van der Waals surface area contributed by atoms with Gasteiger partial charge in [-0.3, -0.25) is 4.99 Å². The fourth-order valence-corrected chi connectivity index (χ4v) is 1.90. The van der Waals surface area contributed by atoms with E-state index in [9.17, 15) is 8.42 Å². The number of primary sulfonamides is 1. The van der Waals surface area contributed by atoms with E-state index < -0.39 is 10.0 Å². The van der Waals surface area contributed by atoms with Gasteiger partial charge in [-0.15, -0.1) is 0 Å². The lowest BCUT2D eigenvalue weighted by Crippen LogP contribution is -2.11. The molecule has 0 unspecified atom stereocenters. The molecular weight excluding hydrogens is 252 g/mol. The Balaban J connectivity index is 2.18. The highest BCUT2D eigenvalue weighted by Gasteiger charge is 2.05. The van der Waals surface area contributed by atoms with E-state index in [2.05, 4.69) is 4.99 Å². The summed E-state index contributed by atoms with van der Waals surface area (Å²) in [6.07, 6.45) is 1.57. The van der Waals surface area contributed by atoms with E-state index in [-0.39, 0.29) is 4.90 Å². The van der Waals surface area contributed by atoms with Gasteiger partial charge in [-0.2, -0.15) is 0 Å². The van der Waals surface area contributed by atoms with E-state index in [0.717, 1.165) is 5.76 Å². The zero-order chi connectivity index (χ0) is 13.2. The van der Waals surface area contributed by atoms with E-state index in [1.165, 1.54) is 12.1 Å². The van der Waals surface area contributed by atoms with Crippen LogP contribution in [0.5, 0.6) is 0 Å². The molecule has 2 N–H and O–H groups in total. The molecule has 0 amide bonds. The molecule has 2 rings (SSSR count). The molecule has 5 nitrogen and oxygen atoms in total. The predicted molar refractivity (Wildman–Crippen MR) is 68.5 cm³/mol. The van der Waals surface area contributed by atoms with Gasteiger partial charge in [-0.1, -0.05) is 0 Å². The van der Waals surface area contributed by atoms with Crippen molar-refractivity contribution in [2.24, 2.45) is 10.1 Å². The van der Waals surface area contributed by atoms with Crippen LogP contribution < -0.4 is 5.14 Å². The summed E-state index contributed by atoms with van der Waals surface area (Å²) in [6.45, 7) is 1.85. The van der Waals surface area contributed by atoms with Crippen LogP contribution in [0.3, 0.4) is 0 Å². The van der Waals surface area contributed by atoms with Gasteiger partial charge in [0.2, 0.25) is 10.0 Å². The van der Waals surface area contributed by atoms with Gasteiger partial charge in [0, 0.05) is 0 Å². The van der Waals surface area contributed by atoms with Gasteiger partial charge in [0.05, 0.1) is 16.8 Å². The summed E-state index contributed by atoms with van der Waals surface area (Å²) < 4.78 is 27.4. The molecule has 2 aromatic rings. The monoisotopic (exact) mass is 264 g/mol. The third-order valence-corrected chi connectivity index (χ3v) is 3.20. The van der Waals surface area contributed by atoms with Crippen LogP contribution in [0.4, 0.5) is 5.69 Å². The molecule has 1 heterocycles. The second kappa shape index (κ2) is 4.75. The predicted octanol–water partition coefficient (Wildman–Crippen LogP) is 1.99. The molecule has 1 aromatic carbocycles. The summed E-state index contributed by atoms with van der Waals surface area (Å²) in [7, 11) is -3.65. The molecule has 0 fully saturated rings. The first-order valence-corrected chi connectivity index (χ1v) is 6.73. The first kappa shape index (κ1) is 12.5. The molecular formula is C12H12N2O3S. The number of nitrogens with zero attached hydrogens (tertiary/aromatic N) is 1. The number of sulfonamides is 1. The molecule has 0 saturated carbocycles. The fraction of sp³-hybridized carbons (Fsp3) is 0.0833. The molecule has 6 heteroatoms. The first-order chi connectivity index (χ1) is 8.45. The summed E-state index contributed by atoms with van der Waals surface area (Å²) in [5, 5.41) is 4.99. The normalized spacial score (nSPS) is 12.1. The maximum absolute atomic E-state index is 11.1. The van der Waals surface area contributed by atoms with Gasteiger partial charge >= 0.3 is 0 Å². The van der Waals surface area contributed by atoms with Crippen molar-refractivity contribution in [1.82, 2.24) is 0 Å². The molecule has 0 aliphatic carbocycles. The van der Waals surface area contributed by atoms with Gasteiger partial charge in [-0.25, -0.2) is 13.6 Å². The molecule has 0 aliphatic heterocycles. The first-order valence-electron chi connectivity index (χ1n) is 5.18. The lowest BCUT2D eigenvalue weighted by molar-refractivity contribution is 0.528. The second-order valence-electron chi connectivity index (χ2n) is 3.75. The van der Waals surface area contributed by atoms with Gasteiger partial charge in [-0.05, 0) is 43.3 Å². The van der Waals surface area contributed by atoms with Crippen LogP contribution in [0.15, 0.2) is 50.7 Å². The van der Waals surface area contributed by atoms with Crippen molar-refractivity contribution in [2.75, 3.05) is 0 Å². The van der Waals surface area contributed by atoms with Crippen LogP contribution in [-0.2, 0) is 10.0 Å². The lowest BCUT2D eigenvalue weighted by Gasteiger charge is -1.97. The molecule has 0 bridgehead atoms. The largest absolute Gasteiger partial charge is 0.460 e. The van der Waals surface area contributed by atoms with Crippen molar-refractivity contribution < 1.29 is 12.8 Å². The van der Waals surface area contributed by atoms with E-state index in [1.54, 1.807) is 24.4 Å². The Labute approximate surface area is 105 Å². The van der Waals surface area contributed by atoms with Gasteiger partial charge in [0.15, 0.2) is 0 Å². The van der Waals surface area contributed by atoms with Crippen molar-refractivity contribution >= 4 is 21.9 Å². The Morgan fingerprint density at radius 3 is 2.33 bits per heavy atom. The van der Waals surface area contributed by atoms with E-state index in [1.807, 2.05) is 13.0 Å². The van der Waals surface area contributed by atoms with Gasteiger partial charge in [0.1, 0.15) is 11.5 Å². The number of nitrogens with two attached hydrogens (primary N) is 1. The molecule has 0 aliphatic rings. The Bertz CT molecular complexity index is 670. The number of aliphatic imine (C=N–C) groups is 1. The summed E-state index contributed by atoms with van der Waals surface area (Å²) in [4.78, 5) is 4.22. The zero-order valence-electron chi connectivity index (χ0n) is 9.70. The fourth-order valence-electron chi connectivity index (χ4n) is 1.38. The molecule has 0 spiro atoms. The highest BCUT2D eigenvalue weighted by molar-refractivity contribution is 7.89. The lowest BCUT2D eigenvalue weighted by atomic mass is 10.3. The summed E-state index contributed by atoms with van der Waals surface area (Å²) in [5.41, 5.74) is 0.622. The average Bonchev–Trinajstić information content (AvgIpc) is 2.72. The van der Waals surface area contributed by atoms with Crippen LogP contribution in [-0.4, -0.2) is 14.6 Å². The van der Waals surface area contributed by atoms with Crippen molar-refractivity contribution in [3.05, 3.63) is 47.9 Å². The minimum absolute atomic E-state index is 0.0651. The van der Waals surface area contributed by atoms with Crippen LogP contribution >= 0.6 is 0 Å². The van der Waals surface area contributed by atoms with E-state index in [4.69, 9.17) is 9.56 Å². The molecule has 0 atom stereocenters. The SMILES string of the molecule is Cc1ccc(C=Nc2ccc(S(N)(=O)=O)cc2)o1. The highest BCUT2D eigenvalue weighted by atomic mass is 32.2. The molecule has 0 saturated heterocycles. The van der Waals surface area contributed by atoms with Crippen molar-refractivity contribution in [3.8, 4) is 0 Å². The third kappa shape index (κ3) is 3.06. The Morgan fingerprint density at radius 2 is 1.83 bits per heavy atom. The van der Waals surface area contributed by atoms with Crippen LogP contribution in [0.2, 0.25) is 0 Å². The summed E-state index contributed by atoms with van der Waals surface area (Å²) in [6, 6.07) is 9.62. The number of rotatable bonds is 3. The van der Waals surface area contributed by atoms with Crippen molar-refractivity contribution in [1.29, 1.82) is 0 Å². The zero-order valence-corrected chi connectivity index (χ0v) is 10.5. The quantitative estimate of drug-likeness (QED) is 0.860. The van der Waals surface area contributed by atoms with Gasteiger partial charge in [0.25, 0.3) is 0 Å². The van der Waals surface area contributed by atoms with Gasteiger partial charge < -0.3 is 4.42 Å². The maximum atomic E-state index is 11.1. The van der Waals surface area contributed by atoms with Crippen LogP contribution in [0.25, 0.3) is 0 Å².